The van der Waals surface area contributed by atoms with Crippen molar-refractivity contribution < 1.29 is 4.79 Å². The van der Waals surface area contributed by atoms with Crippen LogP contribution in [0.2, 0.25) is 0 Å². The second-order valence-corrected chi connectivity index (χ2v) is 8.31. The van der Waals surface area contributed by atoms with Crippen molar-refractivity contribution in [2.45, 2.75) is 41.0 Å². The number of aromatic nitrogens is 1. The minimum Gasteiger partial charge on any atom is -0.355 e. The van der Waals surface area contributed by atoms with Crippen LogP contribution >= 0.6 is 23.6 Å². The third kappa shape index (κ3) is 2.63. The van der Waals surface area contributed by atoms with Crippen molar-refractivity contribution in [1.82, 2.24) is 10.3 Å². The van der Waals surface area contributed by atoms with Gasteiger partial charge >= 0.3 is 0 Å². The number of amides is 1. The molecule has 1 aromatic rings. The Hall–Kier alpha value is -0.680. The summed E-state index contributed by atoms with van der Waals surface area (Å²) < 4.78 is 0.741. The summed E-state index contributed by atoms with van der Waals surface area (Å²) in [6.45, 7) is 11.8. The number of aryl methyl sites for hydroxylation is 1. The molecule has 1 fully saturated rings. The SMILES string of the molecule is Cc1[nH]c(=S)sc1CC(=O)NCC1C(C)(C)C1(C)C. The molecule has 1 aliphatic rings. The number of nitrogens with one attached hydrogen (secondary N) is 2. The molecular weight excluding hydrogens is 276 g/mol. The minimum absolute atomic E-state index is 0.0897. The molecule has 0 unspecified atom stereocenters. The van der Waals surface area contributed by atoms with E-state index >= 15 is 0 Å². The third-order valence-corrected chi connectivity index (χ3v) is 6.40. The second kappa shape index (κ2) is 4.70. The van der Waals surface area contributed by atoms with Gasteiger partial charge in [-0.15, -0.1) is 11.3 Å². The molecule has 0 radical (unpaired) electrons. The highest BCUT2D eigenvalue weighted by molar-refractivity contribution is 7.73. The molecule has 1 aliphatic carbocycles. The summed E-state index contributed by atoms with van der Waals surface area (Å²) in [5.41, 5.74) is 1.65. The standard InChI is InChI=1S/C14H22N2OS2/c1-8-9(19-12(18)16-8)6-11(17)15-7-10-13(2,3)14(10,4)5/h10H,6-7H2,1-5H3,(H,15,17)(H,16,18). The van der Waals surface area contributed by atoms with E-state index in [9.17, 15) is 4.79 Å². The number of hydrogen-bond acceptors (Lipinski definition) is 3. The molecule has 106 valence electrons. The van der Waals surface area contributed by atoms with E-state index in [1.54, 1.807) is 0 Å². The van der Waals surface area contributed by atoms with Crippen molar-refractivity contribution in [2.24, 2.45) is 16.7 Å². The molecule has 0 bridgehead atoms. The summed E-state index contributed by atoms with van der Waals surface area (Å²) in [6, 6.07) is 0. The minimum atomic E-state index is 0.0897. The monoisotopic (exact) mass is 298 g/mol. The Labute approximate surface area is 123 Å². The molecule has 1 aromatic heterocycles. The first-order chi connectivity index (χ1) is 8.66. The van der Waals surface area contributed by atoms with Gasteiger partial charge in [-0.25, -0.2) is 0 Å². The number of hydrogen-bond donors (Lipinski definition) is 2. The second-order valence-electron chi connectivity index (χ2n) is 6.54. The van der Waals surface area contributed by atoms with Crippen molar-refractivity contribution in [1.29, 1.82) is 0 Å². The predicted molar refractivity (Wildman–Crippen MR) is 82.0 cm³/mol. The van der Waals surface area contributed by atoms with Crippen LogP contribution in [0.1, 0.15) is 38.3 Å². The van der Waals surface area contributed by atoms with E-state index < -0.39 is 0 Å². The number of rotatable bonds is 4. The number of carbonyl (C=O) groups is 1. The smallest absolute Gasteiger partial charge is 0.225 e. The molecule has 0 aromatic carbocycles. The first kappa shape index (κ1) is 14.7. The lowest BCUT2D eigenvalue weighted by molar-refractivity contribution is -0.120. The molecule has 3 nitrogen and oxygen atoms in total. The van der Waals surface area contributed by atoms with Gasteiger partial charge < -0.3 is 10.3 Å². The van der Waals surface area contributed by atoms with Crippen LogP contribution in [-0.2, 0) is 11.2 Å². The topological polar surface area (TPSA) is 44.9 Å². The van der Waals surface area contributed by atoms with Crippen LogP contribution in [0, 0.1) is 27.6 Å². The van der Waals surface area contributed by atoms with Gasteiger partial charge in [-0.2, -0.15) is 0 Å². The molecule has 5 heteroatoms. The zero-order valence-corrected chi connectivity index (χ0v) is 13.8. The van der Waals surface area contributed by atoms with Gasteiger partial charge in [0.15, 0.2) is 3.95 Å². The fourth-order valence-electron chi connectivity index (χ4n) is 2.87. The van der Waals surface area contributed by atoms with E-state index in [4.69, 9.17) is 12.2 Å². The summed E-state index contributed by atoms with van der Waals surface area (Å²) in [4.78, 5) is 16.1. The first-order valence-electron chi connectivity index (χ1n) is 6.61. The quantitative estimate of drug-likeness (QED) is 0.836. The van der Waals surface area contributed by atoms with Gasteiger partial charge in [0.05, 0.1) is 6.42 Å². The molecule has 2 rings (SSSR count). The molecule has 0 aliphatic heterocycles. The summed E-state index contributed by atoms with van der Waals surface area (Å²) in [6.07, 6.45) is 0.428. The number of carbonyl (C=O) groups excluding carboxylic acids is 1. The van der Waals surface area contributed by atoms with E-state index in [-0.39, 0.29) is 5.91 Å². The van der Waals surface area contributed by atoms with E-state index in [0.29, 0.717) is 23.2 Å². The summed E-state index contributed by atoms with van der Waals surface area (Å²) in [5, 5.41) is 3.06. The Bertz CT molecular complexity index is 540. The highest BCUT2D eigenvalue weighted by Crippen LogP contribution is 2.67. The molecule has 0 spiro atoms. The van der Waals surface area contributed by atoms with E-state index in [2.05, 4.69) is 38.0 Å². The highest BCUT2D eigenvalue weighted by atomic mass is 32.1. The number of thiazole rings is 1. The van der Waals surface area contributed by atoms with Gasteiger partial charge in [-0.1, -0.05) is 27.7 Å². The zero-order valence-electron chi connectivity index (χ0n) is 12.2. The van der Waals surface area contributed by atoms with Crippen molar-refractivity contribution in [3.05, 3.63) is 14.5 Å². The van der Waals surface area contributed by atoms with Crippen molar-refractivity contribution in [3.8, 4) is 0 Å². The van der Waals surface area contributed by atoms with Crippen molar-refractivity contribution in [2.75, 3.05) is 6.54 Å². The first-order valence-corrected chi connectivity index (χ1v) is 7.84. The maximum atomic E-state index is 12.0. The van der Waals surface area contributed by atoms with E-state index in [1.165, 1.54) is 11.3 Å². The molecule has 1 saturated carbocycles. The third-order valence-electron chi connectivity index (χ3n) is 5.07. The lowest BCUT2D eigenvalue weighted by atomic mass is 10.0. The van der Waals surface area contributed by atoms with Gasteiger partial charge in [-0.05, 0) is 35.9 Å². The Morgan fingerprint density at radius 3 is 2.37 bits per heavy atom. The molecule has 1 amide bonds. The van der Waals surface area contributed by atoms with Crippen LogP contribution in [-0.4, -0.2) is 17.4 Å². The van der Waals surface area contributed by atoms with Crippen LogP contribution in [0.4, 0.5) is 0 Å². The Balaban J connectivity index is 1.87. The molecular formula is C14H22N2OS2. The maximum absolute atomic E-state index is 12.0. The maximum Gasteiger partial charge on any atom is 0.225 e. The van der Waals surface area contributed by atoms with Crippen LogP contribution in [0.25, 0.3) is 0 Å². The van der Waals surface area contributed by atoms with E-state index in [1.807, 2.05) is 6.92 Å². The molecule has 0 saturated heterocycles. The summed E-state index contributed by atoms with van der Waals surface area (Å²) in [7, 11) is 0. The fraction of sp³-hybridized carbons (Fsp3) is 0.714. The largest absolute Gasteiger partial charge is 0.355 e. The molecule has 1 heterocycles. The Kier molecular flexibility index (Phi) is 3.64. The number of aromatic amines is 1. The van der Waals surface area contributed by atoms with Crippen molar-refractivity contribution in [3.63, 3.8) is 0 Å². The van der Waals surface area contributed by atoms with Crippen LogP contribution in [0.5, 0.6) is 0 Å². The highest BCUT2D eigenvalue weighted by Gasteiger charge is 2.64. The number of H-pyrrole nitrogens is 1. The Morgan fingerprint density at radius 2 is 1.95 bits per heavy atom. The average molecular weight is 298 g/mol. The lowest BCUT2D eigenvalue weighted by Gasteiger charge is -2.06. The molecule has 0 atom stereocenters. The van der Waals surface area contributed by atoms with Gasteiger partial charge in [-0.3, -0.25) is 4.79 Å². The van der Waals surface area contributed by atoms with Gasteiger partial charge in [0, 0.05) is 17.1 Å². The van der Waals surface area contributed by atoms with Gasteiger partial charge in [0.1, 0.15) is 0 Å². The zero-order chi connectivity index (χ0) is 14.4. The average Bonchev–Trinajstić information content (AvgIpc) is 2.51. The van der Waals surface area contributed by atoms with Crippen LogP contribution in [0.3, 0.4) is 0 Å². The Morgan fingerprint density at radius 1 is 1.37 bits per heavy atom. The van der Waals surface area contributed by atoms with Crippen molar-refractivity contribution >= 4 is 29.5 Å². The predicted octanol–water partition coefficient (Wildman–Crippen LogP) is 3.46. The fourth-order valence-corrected chi connectivity index (χ4v) is 4.16. The van der Waals surface area contributed by atoms with Gasteiger partial charge in [0.25, 0.3) is 0 Å². The normalized spacial score (nSPS) is 20.3. The molecule has 19 heavy (non-hydrogen) atoms. The molecule has 2 N–H and O–H groups in total. The van der Waals surface area contributed by atoms with E-state index in [0.717, 1.165) is 21.1 Å². The van der Waals surface area contributed by atoms with Gasteiger partial charge in [0.2, 0.25) is 5.91 Å². The van der Waals surface area contributed by atoms with Crippen LogP contribution in [0.15, 0.2) is 0 Å². The summed E-state index contributed by atoms with van der Waals surface area (Å²) >= 11 is 6.57. The summed E-state index contributed by atoms with van der Waals surface area (Å²) in [5.74, 6) is 0.654. The lowest BCUT2D eigenvalue weighted by Crippen LogP contribution is -2.28. The van der Waals surface area contributed by atoms with Crippen LogP contribution < -0.4 is 5.32 Å².